The Morgan fingerprint density at radius 1 is 1.20 bits per heavy atom. The van der Waals surface area contributed by atoms with Gasteiger partial charge in [0.25, 0.3) is 5.91 Å². The number of carbonyl (C=O) groups is 4. The molecule has 1 heterocycles. The van der Waals surface area contributed by atoms with E-state index in [4.69, 9.17) is 14.2 Å². The molecule has 0 aromatic carbocycles. The van der Waals surface area contributed by atoms with Crippen LogP contribution in [0.5, 0.6) is 0 Å². The van der Waals surface area contributed by atoms with Crippen LogP contribution in [0.15, 0.2) is 0 Å². The number of hydrogen-bond acceptors (Lipinski definition) is 7. The molecule has 8 nitrogen and oxygen atoms in total. The van der Waals surface area contributed by atoms with Crippen molar-refractivity contribution in [2.75, 3.05) is 6.61 Å². The van der Waals surface area contributed by atoms with Gasteiger partial charge in [-0.2, -0.15) is 0 Å². The van der Waals surface area contributed by atoms with Crippen LogP contribution in [0.2, 0.25) is 0 Å². The average molecular weight is 355 g/mol. The van der Waals surface area contributed by atoms with E-state index in [9.17, 15) is 19.2 Å². The molecule has 0 unspecified atom stereocenters. The number of likely N-dealkylation sites (tertiary alicyclic amines) is 1. The van der Waals surface area contributed by atoms with Crippen molar-refractivity contribution in [1.29, 1.82) is 0 Å². The van der Waals surface area contributed by atoms with Crippen LogP contribution in [0.1, 0.15) is 53.9 Å². The Hall–Kier alpha value is -2.12. The molecule has 0 aromatic rings. The van der Waals surface area contributed by atoms with Gasteiger partial charge in [0.05, 0.1) is 5.54 Å². The monoisotopic (exact) mass is 355 g/mol. The first-order valence-electron chi connectivity index (χ1n) is 8.35. The van der Waals surface area contributed by atoms with Crippen molar-refractivity contribution in [2.45, 2.75) is 71.1 Å². The minimum atomic E-state index is -1.07. The highest BCUT2D eigenvalue weighted by atomic mass is 16.6. The maximum atomic E-state index is 12.8. The van der Waals surface area contributed by atoms with Crippen LogP contribution in [0.25, 0.3) is 0 Å². The van der Waals surface area contributed by atoms with Crippen molar-refractivity contribution in [3.05, 3.63) is 0 Å². The lowest BCUT2D eigenvalue weighted by Gasteiger charge is -2.36. The average Bonchev–Trinajstić information content (AvgIpc) is 2.92. The van der Waals surface area contributed by atoms with Gasteiger partial charge < -0.3 is 14.2 Å². The predicted molar refractivity (Wildman–Crippen MR) is 85.3 cm³/mol. The normalized spacial score (nSPS) is 28.5. The first-order valence-corrected chi connectivity index (χ1v) is 8.35. The summed E-state index contributed by atoms with van der Waals surface area (Å²) in [5, 5.41) is 0. The van der Waals surface area contributed by atoms with Gasteiger partial charge >= 0.3 is 18.0 Å². The summed E-state index contributed by atoms with van der Waals surface area (Å²) in [7, 11) is 0. The van der Waals surface area contributed by atoms with Gasteiger partial charge in [0.2, 0.25) is 0 Å². The van der Waals surface area contributed by atoms with Crippen LogP contribution in [0.3, 0.4) is 0 Å². The third kappa shape index (κ3) is 3.77. The summed E-state index contributed by atoms with van der Waals surface area (Å²) in [6, 6.07) is 0. The number of ether oxygens (including phenoxy) is 3. The van der Waals surface area contributed by atoms with E-state index in [1.807, 2.05) is 0 Å². The second-order valence-corrected chi connectivity index (χ2v) is 7.57. The maximum Gasteiger partial charge on any atom is 0.417 e. The lowest BCUT2D eigenvalue weighted by molar-refractivity contribution is -0.156. The number of amides is 2. The second kappa shape index (κ2) is 6.65. The molecule has 0 spiro atoms. The van der Waals surface area contributed by atoms with E-state index in [2.05, 4.69) is 0 Å². The van der Waals surface area contributed by atoms with Crippen LogP contribution in [0, 0.1) is 5.92 Å². The van der Waals surface area contributed by atoms with Crippen LogP contribution in [-0.4, -0.2) is 52.7 Å². The Bertz CT molecular complexity index is 594. The maximum absolute atomic E-state index is 12.8. The van der Waals surface area contributed by atoms with Crippen molar-refractivity contribution in [1.82, 2.24) is 4.90 Å². The Morgan fingerprint density at radius 2 is 1.84 bits per heavy atom. The quantitative estimate of drug-likeness (QED) is 0.562. The van der Waals surface area contributed by atoms with E-state index in [-0.39, 0.29) is 6.61 Å². The molecule has 25 heavy (non-hydrogen) atoms. The number of fused-ring (bicyclic) bond motifs is 1. The Morgan fingerprint density at radius 3 is 2.36 bits per heavy atom. The summed E-state index contributed by atoms with van der Waals surface area (Å²) >= 11 is 0. The molecule has 1 aliphatic heterocycles. The SMILES string of the molecule is CC(=O)OC[C@@]12CCC[C@@H]1[C@H](OC(C)=O)C(=O)N2C(=O)OC(C)(C)C. The molecule has 8 heteroatoms. The Labute approximate surface area is 146 Å². The van der Waals surface area contributed by atoms with Crippen LogP contribution >= 0.6 is 0 Å². The van der Waals surface area contributed by atoms with Gasteiger partial charge in [-0.25, -0.2) is 9.69 Å². The zero-order valence-electron chi connectivity index (χ0n) is 15.3. The number of carbonyl (C=O) groups excluding carboxylic acids is 4. The molecule has 2 amide bonds. The summed E-state index contributed by atoms with van der Waals surface area (Å²) in [4.78, 5) is 49.3. The van der Waals surface area contributed by atoms with Crippen molar-refractivity contribution in [2.24, 2.45) is 5.92 Å². The second-order valence-electron chi connectivity index (χ2n) is 7.57. The van der Waals surface area contributed by atoms with Gasteiger partial charge in [-0.15, -0.1) is 0 Å². The fourth-order valence-electron chi connectivity index (χ4n) is 3.67. The van der Waals surface area contributed by atoms with E-state index < -0.39 is 47.1 Å². The molecule has 2 fully saturated rings. The van der Waals surface area contributed by atoms with Crippen molar-refractivity contribution >= 4 is 23.9 Å². The smallest absolute Gasteiger partial charge is 0.417 e. The van der Waals surface area contributed by atoms with Crippen molar-refractivity contribution in [3.63, 3.8) is 0 Å². The van der Waals surface area contributed by atoms with Gasteiger partial charge in [0.15, 0.2) is 6.10 Å². The topological polar surface area (TPSA) is 99.2 Å². The molecular formula is C17H25NO7. The molecule has 1 saturated carbocycles. The molecule has 1 saturated heterocycles. The highest BCUT2D eigenvalue weighted by molar-refractivity contribution is 5.99. The molecule has 2 rings (SSSR count). The van der Waals surface area contributed by atoms with Crippen LogP contribution < -0.4 is 0 Å². The van der Waals surface area contributed by atoms with Gasteiger partial charge in [0, 0.05) is 19.8 Å². The molecule has 140 valence electrons. The number of esters is 2. The van der Waals surface area contributed by atoms with Crippen molar-refractivity contribution in [3.8, 4) is 0 Å². The zero-order chi connectivity index (χ0) is 19.0. The molecule has 0 radical (unpaired) electrons. The first-order chi connectivity index (χ1) is 11.5. The molecule has 0 aromatic heterocycles. The van der Waals surface area contributed by atoms with E-state index in [0.29, 0.717) is 12.8 Å². The van der Waals surface area contributed by atoms with Crippen LogP contribution in [0.4, 0.5) is 4.79 Å². The minimum absolute atomic E-state index is 0.129. The lowest BCUT2D eigenvalue weighted by atomic mass is 9.87. The number of nitrogens with zero attached hydrogens (tertiary/aromatic N) is 1. The standard InChI is InChI=1S/C17H25NO7/c1-10(19)23-9-17-8-6-7-12(17)13(24-11(2)20)14(21)18(17)15(22)25-16(3,4)5/h12-13H,6-9H2,1-5H3/t12-,13+,17+/m1/s1. The summed E-state index contributed by atoms with van der Waals surface area (Å²) < 4.78 is 15.7. The molecular weight excluding hydrogens is 330 g/mol. The van der Waals surface area contributed by atoms with E-state index >= 15 is 0 Å². The summed E-state index contributed by atoms with van der Waals surface area (Å²) in [5.41, 5.74) is -1.83. The molecule has 0 N–H and O–H groups in total. The third-order valence-electron chi connectivity index (χ3n) is 4.48. The van der Waals surface area contributed by atoms with E-state index in [1.54, 1.807) is 20.8 Å². The van der Waals surface area contributed by atoms with Gasteiger partial charge in [-0.1, -0.05) is 6.42 Å². The third-order valence-corrected chi connectivity index (χ3v) is 4.48. The zero-order valence-corrected chi connectivity index (χ0v) is 15.3. The molecule has 0 bridgehead atoms. The van der Waals surface area contributed by atoms with Gasteiger partial charge in [-0.05, 0) is 33.6 Å². The summed E-state index contributed by atoms with van der Waals surface area (Å²) in [5.74, 6) is -2.15. The highest BCUT2D eigenvalue weighted by Crippen LogP contribution is 2.49. The minimum Gasteiger partial charge on any atom is -0.463 e. The predicted octanol–water partition coefficient (Wildman–Crippen LogP) is 1.80. The first kappa shape index (κ1) is 19.2. The Kier molecular flexibility index (Phi) is 5.11. The summed E-state index contributed by atoms with van der Waals surface area (Å²) in [6.45, 7) is 7.43. The fraction of sp³-hybridized carbons (Fsp3) is 0.765. The largest absolute Gasteiger partial charge is 0.463 e. The van der Waals surface area contributed by atoms with E-state index in [0.717, 1.165) is 11.3 Å². The molecule has 1 aliphatic carbocycles. The number of imide groups is 1. The van der Waals surface area contributed by atoms with Gasteiger partial charge in [0.1, 0.15) is 12.2 Å². The molecule has 3 atom stereocenters. The fourth-order valence-corrected chi connectivity index (χ4v) is 3.67. The highest BCUT2D eigenvalue weighted by Gasteiger charge is 2.65. The van der Waals surface area contributed by atoms with E-state index in [1.165, 1.54) is 13.8 Å². The van der Waals surface area contributed by atoms with Gasteiger partial charge in [-0.3, -0.25) is 14.4 Å². The Balaban J connectivity index is 2.40. The van der Waals surface area contributed by atoms with Crippen LogP contribution in [-0.2, 0) is 28.6 Å². The number of hydrogen-bond donors (Lipinski definition) is 0. The van der Waals surface area contributed by atoms with Crippen molar-refractivity contribution < 1.29 is 33.4 Å². The lowest BCUT2D eigenvalue weighted by Crippen LogP contribution is -2.54. The number of rotatable bonds is 3. The molecule has 2 aliphatic rings. The summed E-state index contributed by atoms with van der Waals surface area (Å²) in [6.07, 6.45) is -0.108.